The van der Waals surface area contributed by atoms with E-state index in [4.69, 9.17) is 9.47 Å². The maximum atomic E-state index is 11.9. The fourth-order valence-corrected chi connectivity index (χ4v) is 3.12. The van der Waals surface area contributed by atoms with Crippen LogP contribution < -0.4 is 0 Å². The van der Waals surface area contributed by atoms with Crippen LogP contribution in [0, 0.1) is 0 Å². The number of hydrogen-bond donors (Lipinski definition) is 0. The molecule has 0 heterocycles. The lowest BCUT2D eigenvalue weighted by Gasteiger charge is -2.13. The third kappa shape index (κ3) is 3.68. The van der Waals surface area contributed by atoms with Crippen LogP contribution >= 0.6 is 15.9 Å². The van der Waals surface area contributed by atoms with Crippen molar-refractivity contribution in [2.45, 2.75) is 11.2 Å². The van der Waals surface area contributed by atoms with Crippen LogP contribution in [-0.4, -0.2) is 30.5 Å². The fraction of sp³-hybridized carbons (Fsp3) is 0.400. The summed E-state index contributed by atoms with van der Waals surface area (Å²) in [6.45, 7) is 0. The van der Waals surface area contributed by atoms with Crippen molar-refractivity contribution in [3.05, 3.63) is 28.7 Å². The normalized spacial score (nSPS) is 13.1. The van der Waals surface area contributed by atoms with Gasteiger partial charge in [-0.3, -0.25) is 4.21 Å². The molecule has 0 radical (unpaired) electrons. The Morgan fingerprint density at radius 1 is 1.33 bits per heavy atom. The van der Waals surface area contributed by atoms with Crippen molar-refractivity contribution in [2.24, 2.45) is 0 Å². The third-order valence-corrected chi connectivity index (χ3v) is 4.27. The van der Waals surface area contributed by atoms with Crippen molar-refractivity contribution in [2.75, 3.05) is 20.0 Å². The van der Waals surface area contributed by atoms with Crippen molar-refractivity contribution in [3.8, 4) is 0 Å². The summed E-state index contributed by atoms with van der Waals surface area (Å²) >= 11 is 3.36. The molecule has 0 bridgehead atoms. The summed E-state index contributed by atoms with van der Waals surface area (Å²) in [5.41, 5.74) is 0. The van der Waals surface area contributed by atoms with Gasteiger partial charge in [0.25, 0.3) is 0 Å². The molecule has 1 aromatic carbocycles. The Balaban J connectivity index is 2.73. The van der Waals surface area contributed by atoms with Crippen molar-refractivity contribution in [3.63, 3.8) is 0 Å². The lowest BCUT2D eigenvalue weighted by Crippen LogP contribution is -2.21. The highest BCUT2D eigenvalue weighted by Gasteiger charge is 2.14. The quantitative estimate of drug-likeness (QED) is 0.781. The Bertz CT molecular complexity index is 339. The van der Waals surface area contributed by atoms with E-state index >= 15 is 0 Å². The zero-order valence-corrected chi connectivity index (χ0v) is 11.0. The average molecular weight is 293 g/mol. The average Bonchev–Trinajstić information content (AvgIpc) is 2.26. The first kappa shape index (κ1) is 12.8. The molecule has 1 aromatic rings. The molecule has 1 unspecified atom stereocenters. The molecule has 0 saturated carbocycles. The maximum Gasteiger partial charge on any atom is 0.168 e. The van der Waals surface area contributed by atoms with Crippen molar-refractivity contribution in [1.82, 2.24) is 0 Å². The number of rotatable bonds is 5. The fourth-order valence-electron chi connectivity index (χ4n) is 1.08. The first-order valence-electron chi connectivity index (χ1n) is 4.37. The van der Waals surface area contributed by atoms with Gasteiger partial charge in [0.15, 0.2) is 6.29 Å². The van der Waals surface area contributed by atoms with Gasteiger partial charge in [-0.15, -0.1) is 0 Å². The van der Waals surface area contributed by atoms with Crippen LogP contribution in [-0.2, 0) is 20.3 Å². The molecule has 0 fully saturated rings. The second-order valence-electron chi connectivity index (χ2n) is 2.84. The first-order chi connectivity index (χ1) is 7.19. The summed E-state index contributed by atoms with van der Waals surface area (Å²) in [7, 11) is 1.94. The number of methoxy groups -OCH3 is 2. The van der Waals surface area contributed by atoms with Crippen LogP contribution in [0.4, 0.5) is 0 Å². The lowest BCUT2D eigenvalue weighted by molar-refractivity contribution is -0.0847. The molecule has 0 N–H and O–H groups in total. The van der Waals surface area contributed by atoms with E-state index in [0.717, 1.165) is 9.37 Å². The van der Waals surface area contributed by atoms with Gasteiger partial charge in [0, 0.05) is 18.7 Å². The van der Waals surface area contributed by atoms with E-state index in [2.05, 4.69) is 15.9 Å². The third-order valence-electron chi connectivity index (χ3n) is 1.90. The molecule has 0 aliphatic carbocycles. The van der Waals surface area contributed by atoms with Gasteiger partial charge in [0.05, 0.1) is 21.4 Å². The van der Waals surface area contributed by atoms with Crippen LogP contribution in [0.25, 0.3) is 0 Å². The Kier molecular flexibility index (Phi) is 5.45. The van der Waals surface area contributed by atoms with E-state index in [-0.39, 0.29) is 0 Å². The Hall–Kier alpha value is -0.230. The predicted octanol–water partition coefficient (Wildman–Crippen LogP) is 2.18. The molecule has 15 heavy (non-hydrogen) atoms. The molecule has 0 aliphatic heterocycles. The molecule has 0 amide bonds. The van der Waals surface area contributed by atoms with Crippen LogP contribution in [0.15, 0.2) is 33.6 Å². The lowest BCUT2D eigenvalue weighted by atomic mass is 10.4. The van der Waals surface area contributed by atoms with Crippen LogP contribution in [0.5, 0.6) is 0 Å². The van der Waals surface area contributed by atoms with E-state index in [1.807, 2.05) is 24.3 Å². The van der Waals surface area contributed by atoms with Crippen LogP contribution in [0.1, 0.15) is 0 Å². The van der Waals surface area contributed by atoms with Gasteiger partial charge in [0.2, 0.25) is 0 Å². The van der Waals surface area contributed by atoms with E-state index in [9.17, 15) is 4.21 Å². The number of halogens is 1. The van der Waals surface area contributed by atoms with E-state index in [0.29, 0.717) is 5.75 Å². The van der Waals surface area contributed by atoms with Crippen molar-refractivity contribution >= 4 is 26.7 Å². The van der Waals surface area contributed by atoms with Crippen LogP contribution in [0.3, 0.4) is 0 Å². The number of benzene rings is 1. The van der Waals surface area contributed by atoms with Gasteiger partial charge < -0.3 is 9.47 Å². The minimum absolute atomic E-state index is 0.329. The van der Waals surface area contributed by atoms with Gasteiger partial charge in [-0.25, -0.2) is 0 Å². The first-order valence-corrected chi connectivity index (χ1v) is 6.48. The van der Waals surface area contributed by atoms with Gasteiger partial charge in [0.1, 0.15) is 0 Å². The highest BCUT2D eigenvalue weighted by atomic mass is 79.9. The molecule has 3 nitrogen and oxygen atoms in total. The summed E-state index contributed by atoms with van der Waals surface area (Å²) in [4.78, 5) is 0.761. The van der Waals surface area contributed by atoms with E-state index in [1.54, 1.807) is 0 Å². The highest BCUT2D eigenvalue weighted by molar-refractivity contribution is 9.10. The molecule has 5 heteroatoms. The predicted molar refractivity (Wildman–Crippen MR) is 63.2 cm³/mol. The SMILES string of the molecule is COC(CS(=O)c1ccccc1Br)OC. The second-order valence-corrected chi connectivity index (χ2v) is 5.16. The van der Waals surface area contributed by atoms with Crippen LogP contribution in [0.2, 0.25) is 0 Å². The molecule has 0 saturated heterocycles. The van der Waals surface area contributed by atoms with Crippen molar-refractivity contribution in [1.29, 1.82) is 0 Å². The van der Waals surface area contributed by atoms with E-state index < -0.39 is 17.1 Å². The summed E-state index contributed by atoms with van der Waals surface area (Å²) < 4.78 is 22.8. The second kappa shape index (κ2) is 6.37. The monoisotopic (exact) mass is 292 g/mol. The molecule has 1 atom stereocenters. The smallest absolute Gasteiger partial charge is 0.168 e. The zero-order valence-electron chi connectivity index (χ0n) is 8.60. The van der Waals surface area contributed by atoms with Gasteiger partial charge in [-0.05, 0) is 28.1 Å². The summed E-state index contributed by atoms with van der Waals surface area (Å²) in [5.74, 6) is 0.329. The number of hydrogen-bond acceptors (Lipinski definition) is 3. The zero-order chi connectivity index (χ0) is 11.3. The molecular formula is C10H13BrO3S. The summed E-state index contributed by atoms with van der Waals surface area (Å²) in [6.07, 6.45) is -0.432. The van der Waals surface area contributed by atoms with Gasteiger partial charge in [-0.2, -0.15) is 0 Å². The Labute approximate surface area is 100 Å². The summed E-state index contributed by atoms with van der Waals surface area (Å²) in [6, 6.07) is 7.42. The van der Waals surface area contributed by atoms with Gasteiger partial charge in [-0.1, -0.05) is 12.1 Å². The minimum Gasteiger partial charge on any atom is -0.355 e. The van der Waals surface area contributed by atoms with Gasteiger partial charge >= 0.3 is 0 Å². The largest absolute Gasteiger partial charge is 0.355 e. The molecule has 84 valence electrons. The topological polar surface area (TPSA) is 35.5 Å². The molecule has 0 aromatic heterocycles. The maximum absolute atomic E-state index is 11.9. The Morgan fingerprint density at radius 3 is 2.47 bits per heavy atom. The molecule has 1 rings (SSSR count). The molecule has 0 spiro atoms. The minimum atomic E-state index is -1.12. The standard InChI is InChI=1S/C10H13BrO3S/c1-13-10(14-2)7-15(12)9-6-4-3-5-8(9)11/h3-6,10H,7H2,1-2H3. The number of ether oxygens (including phenoxy) is 2. The van der Waals surface area contributed by atoms with Crippen molar-refractivity contribution < 1.29 is 13.7 Å². The summed E-state index contributed by atoms with van der Waals surface area (Å²) in [5, 5.41) is 0. The Morgan fingerprint density at radius 2 is 1.93 bits per heavy atom. The highest BCUT2D eigenvalue weighted by Crippen LogP contribution is 2.20. The molecule has 0 aliphatic rings. The molecular weight excluding hydrogens is 280 g/mol. The van der Waals surface area contributed by atoms with E-state index in [1.165, 1.54) is 14.2 Å².